The van der Waals surface area contributed by atoms with Crippen LogP contribution in [0.3, 0.4) is 0 Å². The summed E-state index contributed by atoms with van der Waals surface area (Å²) in [4.78, 5) is 5.15. The van der Waals surface area contributed by atoms with Gasteiger partial charge in [-0.1, -0.05) is 6.42 Å². The summed E-state index contributed by atoms with van der Waals surface area (Å²) >= 11 is 0. The van der Waals surface area contributed by atoms with Gasteiger partial charge in [0.15, 0.2) is 0 Å². The third-order valence-corrected chi connectivity index (χ3v) is 4.59. The van der Waals surface area contributed by atoms with E-state index in [-0.39, 0.29) is 0 Å². The van der Waals surface area contributed by atoms with Crippen LogP contribution in [0.15, 0.2) is 18.2 Å². The number of piperidine rings is 1. The lowest BCUT2D eigenvalue weighted by atomic mass is 9.96. The van der Waals surface area contributed by atoms with Crippen molar-refractivity contribution in [2.45, 2.75) is 38.3 Å². The van der Waals surface area contributed by atoms with E-state index in [1.165, 1.54) is 31.5 Å². The Hall–Kier alpha value is -1.42. The fourth-order valence-electron chi connectivity index (χ4n) is 3.45. The van der Waals surface area contributed by atoms with Crippen molar-refractivity contribution in [2.75, 3.05) is 36.0 Å². The Labute approximate surface area is 115 Å². The second-order valence-corrected chi connectivity index (χ2v) is 5.96. The van der Waals surface area contributed by atoms with Gasteiger partial charge in [-0.05, 0) is 44.5 Å². The predicted octanol–water partition coefficient (Wildman–Crippen LogP) is 1.91. The molecule has 1 aromatic rings. The number of nitrogens with zero attached hydrogens (tertiary/aromatic N) is 2. The molecule has 2 saturated heterocycles. The molecule has 0 saturated carbocycles. The average molecular weight is 260 g/mol. The van der Waals surface area contributed by atoms with Crippen molar-refractivity contribution < 1.29 is 0 Å². The predicted molar refractivity (Wildman–Crippen MR) is 81.3 cm³/mol. The summed E-state index contributed by atoms with van der Waals surface area (Å²) in [6.45, 7) is 5.85. The number of fused-ring (bicyclic) bond motifs is 1. The van der Waals surface area contributed by atoms with E-state index >= 15 is 0 Å². The van der Waals surface area contributed by atoms with E-state index < -0.39 is 0 Å². The van der Waals surface area contributed by atoms with Gasteiger partial charge in [-0.15, -0.1) is 0 Å². The maximum Gasteiger partial charge on any atom is 0.0568 e. The molecule has 2 fully saturated rings. The largest absolute Gasteiger partial charge is 0.397 e. The molecular formula is C15H24N4. The fraction of sp³-hybridized carbons (Fsp3) is 0.600. The zero-order valence-corrected chi connectivity index (χ0v) is 11.7. The first-order valence-corrected chi connectivity index (χ1v) is 7.31. The first-order chi connectivity index (χ1) is 9.15. The highest BCUT2D eigenvalue weighted by molar-refractivity contribution is 5.70. The monoisotopic (exact) mass is 260 g/mol. The Balaban J connectivity index is 1.81. The van der Waals surface area contributed by atoms with Crippen molar-refractivity contribution in [1.29, 1.82) is 0 Å². The Bertz CT molecular complexity index is 459. The number of nitrogens with two attached hydrogens (primary N) is 2. The van der Waals surface area contributed by atoms with E-state index in [0.717, 1.165) is 13.1 Å². The second kappa shape index (κ2) is 4.93. The minimum atomic E-state index is 0.539. The zero-order valence-electron chi connectivity index (χ0n) is 11.7. The van der Waals surface area contributed by atoms with Gasteiger partial charge < -0.3 is 16.4 Å². The van der Waals surface area contributed by atoms with Crippen molar-refractivity contribution in [2.24, 2.45) is 0 Å². The molecule has 2 heterocycles. The Morgan fingerprint density at radius 3 is 2.74 bits per heavy atom. The Kier molecular flexibility index (Phi) is 3.27. The standard InChI is InChI=1S/C15H24N4/c1-11-9-18-7-3-2-4-13(18)10-19(11)12-5-6-14(16)15(17)8-12/h5-6,8,11,13H,2-4,7,9-10,16-17H2,1H3. The number of nitrogen functional groups attached to an aromatic ring is 2. The molecule has 2 aliphatic heterocycles. The molecule has 0 aromatic heterocycles. The SMILES string of the molecule is CC1CN2CCCCC2CN1c1ccc(N)c(N)c1. The van der Waals surface area contributed by atoms with Gasteiger partial charge in [0.25, 0.3) is 0 Å². The third kappa shape index (κ3) is 2.37. The van der Waals surface area contributed by atoms with Gasteiger partial charge in [-0.2, -0.15) is 0 Å². The molecule has 4 nitrogen and oxygen atoms in total. The molecule has 0 spiro atoms. The maximum absolute atomic E-state index is 5.94. The molecule has 104 valence electrons. The molecule has 3 rings (SSSR count). The van der Waals surface area contributed by atoms with Crippen LogP contribution >= 0.6 is 0 Å². The fourth-order valence-corrected chi connectivity index (χ4v) is 3.45. The molecule has 4 heteroatoms. The quantitative estimate of drug-likeness (QED) is 0.757. The molecule has 2 aliphatic rings. The van der Waals surface area contributed by atoms with Crippen molar-refractivity contribution >= 4 is 17.1 Å². The molecule has 2 unspecified atom stereocenters. The summed E-state index contributed by atoms with van der Waals surface area (Å²) in [6, 6.07) is 7.29. The lowest BCUT2D eigenvalue weighted by Crippen LogP contribution is -2.58. The normalized spacial score (nSPS) is 28.2. The number of hydrogen-bond donors (Lipinski definition) is 2. The van der Waals surface area contributed by atoms with Crippen molar-refractivity contribution in [3.05, 3.63) is 18.2 Å². The van der Waals surface area contributed by atoms with E-state index in [1.807, 2.05) is 12.1 Å². The molecule has 0 radical (unpaired) electrons. The van der Waals surface area contributed by atoms with Crippen molar-refractivity contribution in [3.8, 4) is 0 Å². The van der Waals surface area contributed by atoms with Gasteiger partial charge >= 0.3 is 0 Å². The lowest BCUT2D eigenvalue weighted by Gasteiger charge is -2.48. The number of piperazine rings is 1. The summed E-state index contributed by atoms with van der Waals surface area (Å²) in [7, 11) is 0. The van der Waals surface area contributed by atoms with E-state index in [9.17, 15) is 0 Å². The van der Waals surface area contributed by atoms with Crippen LogP contribution in [0.1, 0.15) is 26.2 Å². The van der Waals surface area contributed by atoms with E-state index in [0.29, 0.717) is 23.5 Å². The number of rotatable bonds is 1. The Morgan fingerprint density at radius 1 is 1.11 bits per heavy atom. The summed E-state index contributed by atoms with van der Waals surface area (Å²) in [5.74, 6) is 0. The van der Waals surface area contributed by atoms with Crippen molar-refractivity contribution in [3.63, 3.8) is 0 Å². The molecule has 19 heavy (non-hydrogen) atoms. The van der Waals surface area contributed by atoms with Gasteiger partial charge in [0.05, 0.1) is 11.4 Å². The number of anilines is 3. The second-order valence-electron chi connectivity index (χ2n) is 5.96. The van der Waals surface area contributed by atoms with Crippen LogP contribution in [0.5, 0.6) is 0 Å². The van der Waals surface area contributed by atoms with Crippen LogP contribution in [-0.2, 0) is 0 Å². The first kappa shape index (κ1) is 12.6. The van der Waals surface area contributed by atoms with Gasteiger partial charge in [0.1, 0.15) is 0 Å². The smallest absolute Gasteiger partial charge is 0.0568 e. The summed E-state index contributed by atoms with van der Waals surface area (Å²) < 4.78 is 0. The molecule has 0 bridgehead atoms. The van der Waals surface area contributed by atoms with Crippen LogP contribution in [0.2, 0.25) is 0 Å². The van der Waals surface area contributed by atoms with Crippen LogP contribution in [-0.4, -0.2) is 36.6 Å². The van der Waals surface area contributed by atoms with Crippen LogP contribution in [0.4, 0.5) is 17.1 Å². The highest BCUT2D eigenvalue weighted by Gasteiger charge is 2.32. The highest BCUT2D eigenvalue weighted by Crippen LogP contribution is 2.30. The molecule has 2 atom stereocenters. The molecular weight excluding hydrogens is 236 g/mol. The maximum atomic E-state index is 5.94. The van der Waals surface area contributed by atoms with Crippen LogP contribution in [0, 0.1) is 0 Å². The Morgan fingerprint density at radius 2 is 1.95 bits per heavy atom. The van der Waals surface area contributed by atoms with Crippen LogP contribution in [0.25, 0.3) is 0 Å². The topological polar surface area (TPSA) is 58.5 Å². The molecule has 1 aromatic carbocycles. The van der Waals surface area contributed by atoms with Gasteiger partial charge in [-0.3, -0.25) is 4.90 Å². The number of hydrogen-bond acceptors (Lipinski definition) is 4. The lowest BCUT2D eigenvalue weighted by molar-refractivity contribution is 0.115. The van der Waals surface area contributed by atoms with E-state index in [4.69, 9.17) is 11.5 Å². The summed E-state index contributed by atoms with van der Waals surface area (Å²) in [5, 5.41) is 0. The van der Waals surface area contributed by atoms with Gasteiger partial charge in [0, 0.05) is 30.9 Å². The van der Waals surface area contributed by atoms with Gasteiger partial charge in [-0.25, -0.2) is 0 Å². The van der Waals surface area contributed by atoms with E-state index in [1.54, 1.807) is 0 Å². The van der Waals surface area contributed by atoms with E-state index in [2.05, 4.69) is 22.8 Å². The summed E-state index contributed by atoms with van der Waals surface area (Å²) in [5.41, 5.74) is 14.3. The minimum absolute atomic E-state index is 0.539. The molecule has 4 N–H and O–H groups in total. The zero-order chi connectivity index (χ0) is 13.4. The third-order valence-electron chi connectivity index (χ3n) is 4.59. The first-order valence-electron chi connectivity index (χ1n) is 7.31. The van der Waals surface area contributed by atoms with Gasteiger partial charge in [0.2, 0.25) is 0 Å². The average Bonchev–Trinajstić information content (AvgIpc) is 2.41. The highest BCUT2D eigenvalue weighted by atomic mass is 15.3. The van der Waals surface area contributed by atoms with Crippen molar-refractivity contribution in [1.82, 2.24) is 4.90 Å². The number of benzene rings is 1. The summed E-state index contributed by atoms with van der Waals surface area (Å²) in [6.07, 6.45) is 4.05. The van der Waals surface area contributed by atoms with Crippen LogP contribution < -0.4 is 16.4 Å². The minimum Gasteiger partial charge on any atom is -0.397 e. The molecule has 0 aliphatic carbocycles. The molecule has 0 amide bonds.